The first-order valence-electron chi connectivity index (χ1n) is 7.91. The fraction of sp³-hybridized carbons (Fsp3) is 1.00. The number of thioether (sulfide) groups is 1. The van der Waals surface area contributed by atoms with E-state index in [1.807, 2.05) is 0 Å². The Bertz CT molecular complexity index is 257. The van der Waals surface area contributed by atoms with Gasteiger partial charge in [-0.3, -0.25) is 0 Å². The zero-order valence-electron chi connectivity index (χ0n) is 11.6. The number of rotatable bonds is 2. The molecule has 2 aliphatic heterocycles. The summed E-state index contributed by atoms with van der Waals surface area (Å²) in [5.74, 6) is 3.80. The van der Waals surface area contributed by atoms with Gasteiger partial charge >= 0.3 is 0 Å². The van der Waals surface area contributed by atoms with Gasteiger partial charge in [-0.15, -0.1) is 0 Å². The van der Waals surface area contributed by atoms with Crippen molar-refractivity contribution in [1.29, 1.82) is 0 Å². The molecule has 0 aromatic carbocycles. The van der Waals surface area contributed by atoms with E-state index in [0.29, 0.717) is 5.54 Å². The van der Waals surface area contributed by atoms with Crippen molar-refractivity contribution in [2.24, 2.45) is 5.92 Å². The summed E-state index contributed by atoms with van der Waals surface area (Å²) in [5.41, 5.74) is 0.487. The van der Waals surface area contributed by atoms with Crippen LogP contribution >= 0.6 is 11.8 Å². The molecule has 0 bridgehead atoms. The molecule has 1 N–H and O–H groups in total. The van der Waals surface area contributed by atoms with Gasteiger partial charge in [-0.1, -0.05) is 19.3 Å². The van der Waals surface area contributed by atoms with Crippen LogP contribution in [-0.2, 0) is 0 Å². The smallest absolute Gasteiger partial charge is 0.0308 e. The number of nitrogens with zero attached hydrogens (tertiary/aromatic N) is 1. The Hall–Kier alpha value is 0.270. The lowest BCUT2D eigenvalue weighted by atomic mass is 9.81. The van der Waals surface area contributed by atoms with Gasteiger partial charge in [0.1, 0.15) is 0 Å². The molecule has 1 aliphatic carbocycles. The molecular weight excluding hydrogens is 240 g/mol. The van der Waals surface area contributed by atoms with Crippen molar-refractivity contribution in [3.05, 3.63) is 0 Å². The highest BCUT2D eigenvalue weighted by molar-refractivity contribution is 7.99. The summed E-state index contributed by atoms with van der Waals surface area (Å²) in [5, 5.41) is 3.90. The molecule has 3 aliphatic rings. The van der Waals surface area contributed by atoms with Crippen LogP contribution in [0.4, 0.5) is 0 Å². The Morgan fingerprint density at radius 2 is 2.06 bits per heavy atom. The zero-order valence-corrected chi connectivity index (χ0v) is 12.4. The van der Waals surface area contributed by atoms with Crippen LogP contribution in [0.5, 0.6) is 0 Å². The molecule has 0 amide bonds. The van der Waals surface area contributed by atoms with E-state index in [1.54, 1.807) is 0 Å². The summed E-state index contributed by atoms with van der Waals surface area (Å²) in [6.07, 6.45) is 10.00. The van der Waals surface area contributed by atoms with E-state index in [1.165, 1.54) is 82.6 Å². The molecule has 1 atom stereocenters. The number of hydrogen-bond acceptors (Lipinski definition) is 3. The first-order valence-corrected chi connectivity index (χ1v) is 9.07. The summed E-state index contributed by atoms with van der Waals surface area (Å²) in [7, 11) is 0. The summed E-state index contributed by atoms with van der Waals surface area (Å²) < 4.78 is 0. The van der Waals surface area contributed by atoms with E-state index in [0.717, 1.165) is 5.92 Å². The van der Waals surface area contributed by atoms with E-state index in [9.17, 15) is 0 Å². The molecule has 1 unspecified atom stereocenters. The third kappa shape index (κ3) is 3.23. The molecule has 18 heavy (non-hydrogen) atoms. The second kappa shape index (κ2) is 6.15. The topological polar surface area (TPSA) is 15.3 Å². The predicted molar refractivity (Wildman–Crippen MR) is 80.3 cm³/mol. The van der Waals surface area contributed by atoms with E-state index in [4.69, 9.17) is 0 Å². The van der Waals surface area contributed by atoms with Crippen LogP contribution in [0.3, 0.4) is 0 Å². The standard InChI is InChI=1S/C15H28N2S/c1-2-6-15(7-3-1)13-17(9-4-8-16-15)11-14-5-10-18-12-14/h14,16H,1-13H2. The van der Waals surface area contributed by atoms with Crippen LogP contribution in [0, 0.1) is 5.92 Å². The lowest BCUT2D eigenvalue weighted by molar-refractivity contribution is 0.152. The van der Waals surface area contributed by atoms with Gasteiger partial charge < -0.3 is 10.2 Å². The van der Waals surface area contributed by atoms with Crippen LogP contribution in [0.2, 0.25) is 0 Å². The molecule has 0 aromatic rings. The van der Waals surface area contributed by atoms with E-state index >= 15 is 0 Å². The average molecular weight is 268 g/mol. The second-order valence-corrected chi connectivity index (χ2v) is 7.74. The molecule has 1 saturated carbocycles. The molecular formula is C15H28N2S. The van der Waals surface area contributed by atoms with E-state index in [2.05, 4.69) is 22.0 Å². The molecule has 2 heterocycles. The van der Waals surface area contributed by atoms with Gasteiger partial charge in [0.05, 0.1) is 0 Å². The van der Waals surface area contributed by atoms with E-state index in [-0.39, 0.29) is 0 Å². The van der Waals surface area contributed by atoms with Crippen LogP contribution in [0.25, 0.3) is 0 Å². The maximum absolute atomic E-state index is 3.90. The average Bonchev–Trinajstić information content (AvgIpc) is 2.81. The fourth-order valence-electron chi connectivity index (χ4n) is 4.03. The predicted octanol–water partition coefficient (Wildman–Crippen LogP) is 2.74. The summed E-state index contributed by atoms with van der Waals surface area (Å²) >= 11 is 2.16. The zero-order chi connectivity index (χ0) is 12.3. The Morgan fingerprint density at radius 3 is 2.83 bits per heavy atom. The molecule has 104 valence electrons. The maximum Gasteiger partial charge on any atom is 0.0308 e. The largest absolute Gasteiger partial charge is 0.310 e. The Kier molecular flexibility index (Phi) is 4.53. The van der Waals surface area contributed by atoms with Crippen molar-refractivity contribution < 1.29 is 0 Å². The van der Waals surface area contributed by atoms with Crippen molar-refractivity contribution in [3.63, 3.8) is 0 Å². The molecule has 3 heteroatoms. The number of nitrogens with one attached hydrogen (secondary N) is 1. The molecule has 0 radical (unpaired) electrons. The Morgan fingerprint density at radius 1 is 1.17 bits per heavy atom. The quantitative estimate of drug-likeness (QED) is 0.829. The van der Waals surface area contributed by atoms with Crippen LogP contribution in [0.1, 0.15) is 44.9 Å². The highest BCUT2D eigenvalue weighted by Crippen LogP contribution is 2.31. The molecule has 0 aromatic heterocycles. The third-order valence-corrected chi connectivity index (χ3v) is 6.26. The Balaban J connectivity index is 1.59. The van der Waals surface area contributed by atoms with Crippen molar-refractivity contribution in [3.8, 4) is 0 Å². The van der Waals surface area contributed by atoms with Crippen molar-refractivity contribution >= 4 is 11.8 Å². The highest BCUT2D eigenvalue weighted by Gasteiger charge is 2.35. The fourth-order valence-corrected chi connectivity index (χ4v) is 5.30. The van der Waals surface area contributed by atoms with Crippen molar-refractivity contribution in [2.75, 3.05) is 37.7 Å². The minimum absolute atomic E-state index is 0.487. The molecule has 3 rings (SSSR count). The maximum atomic E-state index is 3.90. The van der Waals surface area contributed by atoms with E-state index < -0.39 is 0 Å². The van der Waals surface area contributed by atoms with Gasteiger partial charge in [-0.05, 0) is 56.2 Å². The minimum Gasteiger partial charge on any atom is -0.310 e. The van der Waals surface area contributed by atoms with Crippen molar-refractivity contribution in [2.45, 2.75) is 50.5 Å². The number of hydrogen-bond donors (Lipinski definition) is 1. The second-order valence-electron chi connectivity index (χ2n) is 6.59. The first kappa shape index (κ1) is 13.3. The van der Waals surface area contributed by atoms with Crippen LogP contribution in [-0.4, -0.2) is 48.1 Å². The van der Waals surface area contributed by atoms with Gasteiger partial charge in [0.15, 0.2) is 0 Å². The van der Waals surface area contributed by atoms with Gasteiger partial charge in [0.2, 0.25) is 0 Å². The molecule has 3 fully saturated rings. The first-order chi connectivity index (χ1) is 8.86. The summed E-state index contributed by atoms with van der Waals surface area (Å²) in [6, 6.07) is 0. The normalized spacial score (nSPS) is 33.7. The lowest BCUT2D eigenvalue weighted by Crippen LogP contribution is -2.53. The molecule has 2 nitrogen and oxygen atoms in total. The van der Waals surface area contributed by atoms with Crippen LogP contribution < -0.4 is 5.32 Å². The van der Waals surface area contributed by atoms with Gasteiger partial charge in [0.25, 0.3) is 0 Å². The molecule has 2 saturated heterocycles. The van der Waals surface area contributed by atoms with Crippen molar-refractivity contribution in [1.82, 2.24) is 10.2 Å². The SMILES string of the molecule is C1CCC2(CC1)CN(CC1CCSC1)CCCN2. The third-order valence-electron chi connectivity index (χ3n) is 5.03. The monoisotopic (exact) mass is 268 g/mol. The highest BCUT2D eigenvalue weighted by atomic mass is 32.2. The van der Waals surface area contributed by atoms with Gasteiger partial charge in [-0.25, -0.2) is 0 Å². The van der Waals surface area contributed by atoms with Gasteiger partial charge in [0, 0.05) is 18.6 Å². The minimum atomic E-state index is 0.487. The van der Waals surface area contributed by atoms with Crippen LogP contribution in [0.15, 0.2) is 0 Å². The summed E-state index contributed by atoms with van der Waals surface area (Å²) in [6.45, 7) is 5.27. The van der Waals surface area contributed by atoms with Gasteiger partial charge in [-0.2, -0.15) is 11.8 Å². The Labute approximate surface area is 116 Å². The summed E-state index contributed by atoms with van der Waals surface area (Å²) in [4.78, 5) is 2.79. The molecule has 1 spiro atoms. The lowest BCUT2D eigenvalue weighted by Gasteiger charge is -2.40.